The molecule has 1 N–H and O–H groups in total. The fraction of sp³-hybridized carbons (Fsp3) is 0.529. The zero-order valence-corrected chi connectivity index (χ0v) is 14.2. The molecule has 0 aromatic heterocycles. The van der Waals surface area contributed by atoms with Crippen molar-refractivity contribution in [3.05, 3.63) is 35.4 Å². The molecule has 122 valence electrons. The second-order valence-electron chi connectivity index (χ2n) is 5.00. The van der Waals surface area contributed by atoms with Gasteiger partial charge in [-0.05, 0) is 43.7 Å². The monoisotopic (exact) mass is 323 g/mol. The quantitative estimate of drug-likeness (QED) is 0.529. The average molecular weight is 323 g/mol. The number of carbonyl (C=O) groups is 2. The summed E-state index contributed by atoms with van der Waals surface area (Å²) in [6.45, 7) is 2.87. The van der Waals surface area contributed by atoms with Gasteiger partial charge in [-0.25, -0.2) is 0 Å². The first-order valence-corrected chi connectivity index (χ1v) is 9.08. The van der Waals surface area contributed by atoms with E-state index in [0.29, 0.717) is 25.1 Å². The van der Waals surface area contributed by atoms with Crippen LogP contribution in [0.25, 0.3) is 0 Å². The molecule has 1 rings (SSSR count). The van der Waals surface area contributed by atoms with Gasteiger partial charge in [0.05, 0.1) is 6.61 Å². The van der Waals surface area contributed by atoms with Crippen molar-refractivity contribution in [2.24, 2.45) is 0 Å². The maximum atomic E-state index is 11.9. The minimum absolute atomic E-state index is 0.0407. The fourth-order valence-electron chi connectivity index (χ4n) is 2.03. The predicted octanol–water partition coefficient (Wildman–Crippen LogP) is 3.40. The Labute approximate surface area is 137 Å². The molecule has 0 atom stereocenters. The van der Waals surface area contributed by atoms with Crippen molar-refractivity contribution in [1.82, 2.24) is 5.32 Å². The summed E-state index contributed by atoms with van der Waals surface area (Å²) in [5, 5.41) is 2.90. The maximum Gasteiger partial charge on any atom is 0.305 e. The number of rotatable bonds is 10. The summed E-state index contributed by atoms with van der Waals surface area (Å²) >= 11 is 1.76. The van der Waals surface area contributed by atoms with Crippen LogP contribution in [0.5, 0.6) is 0 Å². The molecule has 1 aromatic carbocycles. The molecule has 22 heavy (non-hydrogen) atoms. The Hall–Kier alpha value is -1.49. The lowest BCUT2D eigenvalue weighted by atomic mass is 10.1. The second-order valence-corrected chi connectivity index (χ2v) is 5.87. The van der Waals surface area contributed by atoms with Gasteiger partial charge < -0.3 is 10.1 Å². The molecule has 5 heteroatoms. The van der Waals surface area contributed by atoms with Crippen LogP contribution in [0.1, 0.15) is 48.5 Å². The van der Waals surface area contributed by atoms with E-state index in [1.54, 1.807) is 18.7 Å². The summed E-state index contributed by atoms with van der Waals surface area (Å²) in [6.07, 6.45) is 5.10. The van der Waals surface area contributed by atoms with Crippen molar-refractivity contribution in [2.45, 2.75) is 38.4 Å². The third-order valence-electron chi connectivity index (χ3n) is 3.18. The van der Waals surface area contributed by atoms with Crippen LogP contribution >= 0.6 is 11.8 Å². The summed E-state index contributed by atoms with van der Waals surface area (Å²) < 4.78 is 4.86. The van der Waals surface area contributed by atoms with Gasteiger partial charge in [-0.2, -0.15) is 11.8 Å². The Bertz CT molecular complexity index is 459. The normalized spacial score (nSPS) is 10.3. The molecular weight excluding hydrogens is 298 g/mol. The van der Waals surface area contributed by atoms with E-state index in [1.165, 1.54) is 5.56 Å². The van der Waals surface area contributed by atoms with E-state index in [2.05, 4.69) is 11.6 Å². The zero-order valence-electron chi connectivity index (χ0n) is 13.4. The van der Waals surface area contributed by atoms with Crippen molar-refractivity contribution < 1.29 is 14.3 Å². The van der Waals surface area contributed by atoms with Crippen LogP contribution in [0.3, 0.4) is 0 Å². The zero-order chi connectivity index (χ0) is 16.2. The van der Waals surface area contributed by atoms with Crippen LogP contribution in [0.4, 0.5) is 0 Å². The van der Waals surface area contributed by atoms with Gasteiger partial charge in [-0.15, -0.1) is 0 Å². The van der Waals surface area contributed by atoms with Crippen molar-refractivity contribution in [1.29, 1.82) is 0 Å². The summed E-state index contributed by atoms with van der Waals surface area (Å²) in [4.78, 5) is 23.1. The summed E-state index contributed by atoms with van der Waals surface area (Å²) in [5.74, 6) is 0.778. The van der Waals surface area contributed by atoms with E-state index in [0.717, 1.165) is 25.0 Å². The molecule has 1 aromatic rings. The van der Waals surface area contributed by atoms with Crippen molar-refractivity contribution in [3.63, 3.8) is 0 Å². The van der Waals surface area contributed by atoms with Crippen LogP contribution in [0.15, 0.2) is 24.3 Å². The van der Waals surface area contributed by atoms with Gasteiger partial charge in [0.25, 0.3) is 5.91 Å². The molecular formula is C17H25NO3S. The summed E-state index contributed by atoms with van der Waals surface area (Å²) in [7, 11) is 0. The lowest BCUT2D eigenvalue weighted by Gasteiger charge is -2.06. The first-order chi connectivity index (χ1) is 10.7. The van der Waals surface area contributed by atoms with E-state index in [1.807, 2.05) is 24.3 Å². The third kappa shape index (κ3) is 7.50. The first kappa shape index (κ1) is 18.6. The largest absolute Gasteiger partial charge is 0.466 e. The van der Waals surface area contributed by atoms with E-state index in [-0.39, 0.29) is 11.9 Å². The number of thioether (sulfide) groups is 1. The maximum absolute atomic E-state index is 11.9. The van der Waals surface area contributed by atoms with Crippen LogP contribution in [0.2, 0.25) is 0 Å². The second kappa shape index (κ2) is 11.1. The SMILES string of the molecule is CCOC(=O)CCCCCNC(=O)c1ccc(CSC)cc1. The molecule has 0 aliphatic rings. The Morgan fingerprint density at radius 1 is 1.14 bits per heavy atom. The number of nitrogens with one attached hydrogen (secondary N) is 1. The van der Waals surface area contributed by atoms with Crippen LogP contribution in [0, 0.1) is 0 Å². The van der Waals surface area contributed by atoms with E-state index < -0.39 is 0 Å². The van der Waals surface area contributed by atoms with Gasteiger partial charge in [0.15, 0.2) is 0 Å². The summed E-state index contributed by atoms with van der Waals surface area (Å²) in [5.41, 5.74) is 1.92. The molecule has 0 radical (unpaired) electrons. The molecule has 0 saturated carbocycles. The minimum Gasteiger partial charge on any atom is -0.466 e. The fourth-order valence-corrected chi connectivity index (χ4v) is 2.55. The molecule has 4 nitrogen and oxygen atoms in total. The van der Waals surface area contributed by atoms with Crippen molar-refractivity contribution in [2.75, 3.05) is 19.4 Å². The molecule has 0 spiro atoms. The predicted molar refractivity (Wildman–Crippen MR) is 91.1 cm³/mol. The highest BCUT2D eigenvalue weighted by Crippen LogP contribution is 2.10. The Morgan fingerprint density at radius 2 is 1.86 bits per heavy atom. The number of unbranched alkanes of at least 4 members (excludes halogenated alkanes) is 2. The molecule has 0 unspecified atom stereocenters. The topological polar surface area (TPSA) is 55.4 Å². The van der Waals surface area contributed by atoms with E-state index >= 15 is 0 Å². The number of amides is 1. The molecule has 0 aliphatic heterocycles. The van der Waals surface area contributed by atoms with Crippen LogP contribution in [-0.4, -0.2) is 31.3 Å². The van der Waals surface area contributed by atoms with Gasteiger partial charge in [0.1, 0.15) is 0 Å². The molecule has 1 amide bonds. The van der Waals surface area contributed by atoms with Crippen LogP contribution < -0.4 is 5.32 Å². The van der Waals surface area contributed by atoms with Gasteiger partial charge >= 0.3 is 5.97 Å². The number of esters is 1. The lowest BCUT2D eigenvalue weighted by molar-refractivity contribution is -0.143. The Balaban J connectivity index is 2.16. The van der Waals surface area contributed by atoms with Crippen LogP contribution in [-0.2, 0) is 15.3 Å². The van der Waals surface area contributed by atoms with Gasteiger partial charge in [-0.3, -0.25) is 9.59 Å². The highest BCUT2D eigenvalue weighted by Gasteiger charge is 2.05. The van der Waals surface area contributed by atoms with Gasteiger partial charge in [0, 0.05) is 24.3 Å². The van der Waals surface area contributed by atoms with E-state index in [9.17, 15) is 9.59 Å². The van der Waals surface area contributed by atoms with E-state index in [4.69, 9.17) is 4.74 Å². The van der Waals surface area contributed by atoms with Crippen molar-refractivity contribution in [3.8, 4) is 0 Å². The minimum atomic E-state index is -0.142. The molecule has 0 aliphatic carbocycles. The lowest BCUT2D eigenvalue weighted by Crippen LogP contribution is -2.24. The molecule has 0 bridgehead atoms. The van der Waals surface area contributed by atoms with Gasteiger partial charge in [-0.1, -0.05) is 18.6 Å². The standard InChI is InChI=1S/C17H25NO3S/c1-3-21-16(19)7-5-4-6-12-18-17(20)15-10-8-14(9-11-15)13-22-2/h8-11H,3-7,12-13H2,1-2H3,(H,18,20). The number of hydrogen-bond acceptors (Lipinski definition) is 4. The van der Waals surface area contributed by atoms with Gasteiger partial charge in [0.2, 0.25) is 0 Å². The van der Waals surface area contributed by atoms with Crippen molar-refractivity contribution >= 4 is 23.6 Å². The number of benzene rings is 1. The number of carbonyl (C=O) groups excluding carboxylic acids is 2. The highest BCUT2D eigenvalue weighted by molar-refractivity contribution is 7.97. The molecule has 0 fully saturated rings. The third-order valence-corrected chi connectivity index (χ3v) is 3.80. The first-order valence-electron chi connectivity index (χ1n) is 7.69. The smallest absolute Gasteiger partial charge is 0.305 e. The molecule has 0 saturated heterocycles. The summed E-state index contributed by atoms with van der Waals surface area (Å²) in [6, 6.07) is 7.71. The average Bonchev–Trinajstić information content (AvgIpc) is 2.52. The highest BCUT2D eigenvalue weighted by atomic mass is 32.2. The Morgan fingerprint density at radius 3 is 2.50 bits per heavy atom. The Kier molecular flexibility index (Phi) is 9.39. The number of ether oxygens (including phenoxy) is 1. The molecule has 0 heterocycles. The number of hydrogen-bond donors (Lipinski definition) is 1.